The smallest absolute Gasteiger partial charge is 0.339 e. The van der Waals surface area contributed by atoms with Crippen molar-refractivity contribution in [2.24, 2.45) is 5.92 Å². The summed E-state index contributed by atoms with van der Waals surface area (Å²) >= 11 is 0. The number of rotatable bonds is 7. The lowest BCUT2D eigenvalue weighted by atomic mass is 10.1. The van der Waals surface area contributed by atoms with E-state index >= 15 is 0 Å². The first-order valence-corrected chi connectivity index (χ1v) is 6.86. The molecule has 1 aliphatic rings. The minimum absolute atomic E-state index is 0.0282. The van der Waals surface area contributed by atoms with Gasteiger partial charge in [-0.3, -0.25) is 4.79 Å². The summed E-state index contributed by atoms with van der Waals surface area (Å²) in [4.78, 5) is 23.0. The molecule has 0 heterocycles. The van der Waals surface area contributed by atoms with Crippen molar-refractivity contribution in [3.8, 4) is 5.75 Å². The standard InChI is InChI=1S/C15H19NO5/c1-3-21-13-7-10(13)14(17)16-8-9-4-5-12(20-2)11(6-9)15(18)19/h4-6,10,13H,3,7-8H2,1-2H3,(H,16,17)(H,18,19)/t10-,13-/m0/s1. The van der Waals surface area contributed by atoms with Crippen molar-refractivity contribution in [1.29, 1.82) is 0 Å². The Balaban J connectivity index is 1.93. The Morgan fingerprint density at radius 1 is 1.43 bits per heavy atom. The fourth-order valence-electron chi connectivity index (χ4n) is 2.20. The SMILES string of the molecule is CCO[C@H]1C[C@@H]1C(=O)NCc1ccc(OC)c(C(=O)O)c1. The van der Waals surface area contributed by atoms with E-state index in [0.29, 0.717) is 18.9 Å². The summed E-state index contributed by atoms with van der Waals surface area (Å²) in [6.45, 7) is 2.80. The van der Waals surface area contributed by atoms with Crippen molar-refractivity contribution in [3.63, 3.8) is 0 Å². The van der Waals surface area contributed by atoms with Crippen molar-refractivity contribution in [3.05, 3.63) is 29.3 Å². The van der Waals surface area contributed by atoms with Crippen LogP contribution in [0, 0.1) is 5.92 Å². The van der Waals surface area contributed by atoms with Crippen LogP contribution in [-0.2, 0) is 16.1 Å². The molecule has 1 aromatic rings. The number of carboxylic acids is 1. The van der Waals surface area contributed by atoms with E-state index < -0.39 is 5.97 Å². The second-order valence-electron chi connectivity index (χ2n) is 4.89. The molecule has 21 heavy (non-hydrogen) atoms. The van der Waals surface area contributed by atoms with Crippen molar-refractivity contribution < 1.29 is 24.2 Å². The van der Waals surface area contributed by atoms with Crippen molar-refractivity contribution in [2.75, 3.05) is 13.7 Å². The number of aromatic carboxylic acids is 1. The molecular formula is C15H19NO5. The zero-order valence-corrected chi connectivity index (χ0v) is 12.1. The van der Waals surface area contributed by atoms with Gasteiger partial charge >= 0.3 is 5.97 Å². The molecule has 0 saturated heterocycles. The van der Waals surface area contributed by atoms with Gasteiger partial charge in [0.15, 0.2) is 0 Å². The highest BCUT2D eigenvalue weighted by Crippen LogP contribution is 2.33. The minimum atomic E-state index is -1.06. The number of methoxy groups -OCH3 is 1. The van der Waals surface area contributed by atoms with Crippen molar-refractivity contribution in [1.82, 2.24) is 5.32 Å². The summed E-state index contributed by atoms with van der Waals surface area (Å²) in [5.74, 6) is -0.891. The van der Waals surface area contributed by atoms with Crippen LogP contribution in [0.1, 0.15) is 29.3 Å². The van der Waals surface area contributed by atoms with Crippen LogP contribution in [0.4, 0.5) is 0 Å². The van der Waals surface area contributed by atoms with E-state index in [1.54, 1.807) is 12.1 Å². The number of ether oxygens (including phenoxy) is 2. The molecule has 0 unspecified atom stereocenters. The van der Waals surface area contributed by atoms with Crippen LogP contribution < -0.4 is 10.1 Å². The van der Waals surface area contributed by atoms with Crippen LogP contribution >= 0.6 is 0 Å². The molecule has 114 valence electrons. The summed E-state index contributed by atoms with van der Waals surface area (Å²) in [6, 6.07) is 4.83. The van der Waals surface area contributed by atoms with Gasteiger partial charge in [-0.25, -0.2) is 4.79 Å². The Hall–Kier alpha value is -2.08. The predicted molar refractivity (Wildman–Crippen MR) is 75.3 cm³/mol. The van der Waals surface area contributed by atoms with Gasteiger partial charge in [0.1, 0.15) is 11.3 Å². The normalized spacial score (nSPS) is 19.9. The molecule has 1 amide bonds. The number of carboxylic acid groups (broad SMARTS) is 1. The molecular weight excluding hydrogens is 274 g/mol. The van der Waals surface area contributed by atoms with Crippen LogP contribution in [0.25, 0.3) is 0 Å². The fourth-order valence-corrected chi connectivity index (χ4v) is 2.20. The first-order chi connectivity index (χ1) is 10.1. The Labute approximate surface area is 123 Å². The highest BCUT2D eigenvalue weighted by Gasteiger charge is 2.43. The Kier molecular flexibility index (Phi) is 4.80. The second-order valence-corrected chi connectivity index (χ2v) is 4.89. The van der Waals surface area contributed by atoms with E-state index in [0.717, 1.165) is 12.0 Å². The third kappa shape index (κ3) is 3.72. The van der Waals surface area contributed by atoms with Gasteiger partial charge in [0.05, 0.1) is 19.1 Å². The van der Waals surface area contributed by atoms with E-state index in [-0.39, 0.29) is 23.5 Å². The lowest BCUT2D eigenvalue weighted by molar-refractivity contribution is -0.123. The molecule has 0 aliphatic heterocycles. The number of hydrogen-bond donors (Lipinski definition) is 2. The van der Waals surface area contributed by atoms with Gasteiger partial charge in [-0.05, 0) is 31.0 Å². The molecule has 1 saturated carbocycles. The number of nitrogens with one attached hydrogen (secondary N) is 1. The number of benzene rings is 1. The third-order valence-corrected chi connectivity index (χ3v) is 3.41. The van der Waals surface area contributed by atoms with E-state index in [9.17, 15) is 9.59 Å². The largest absolute Gasteiger partial charge is 0.496 e. The lowest BCUT2D eigenvalue weighted by Crippen LogP contribution is -2.26. The summed E-state index contributed by atoms with van der Waals surface area (Å²) in [5, 5.41) is 11.9. The average molecular weight is 293 g/mol. The molecule has 0 radical (unpaired) electrons. The number of amides is 1. The van der Waals surface area contributed by atoms with Crippen LogP contribution in [0.2, 0.25) is 0 Å². The fraction of sp³-hybridized carbons (Fsp3) is 0.467. The molecule has 1 aromatic carbocycles. The molecule has 2 atom stereocenters. The Morgan fingerprint density at radius 2 is 2.19 bits per heavy atom. The Morgan fingerprint density at radius 3 is 2.81 bits per heavy atom. The van der Waals surface area contributed by atoms with Crippen molar-refractivity contribution in [2.45, 2.75) is 26.0 Å². The molecule has 1 aliphatic carbocycles. The molecule has 2 rings (SSSR count). The maximum Gasteiger partial charge on any atom is 0.339 e. The highest BCUT2D eigenvalue weighted by molar-refractivity contribution is 5.91. The molecule has 0 spiro atoms. The molecule has 0 bridgehead atoms. The molecule has 0 aromatic heterocycles. The Bertz CT molecular complexity index is 543. The summed E-state index contributed by atoms with van der Waals surface area (Å²) < 4.78 is 10.4. The summed E-state index contributed by atoms with van der Waals surface area (Å²) in [7, 11) is 1.42. The summed E-state index contributed by atoms with van der Waals surface area (Å²) in [5.41, 5.74) is 0.804. The lowest BCUT2D eigenvalue weighted by Gasteiger charge is -2.09. The topological polar surface area (TPSA) is 84.9 Å². The number of carbonyl (C=O) groups is 2. The highest BCUT2D eigenvalue weighted by atomic mass is 16.5. The average Bonchev–Trinajstić information content (AvgIpc) is 3.24. The molecule has 6 heteroatoms. The van der Waals surface area contributed by atoms with Gasteiger partial charge in [-0.15, -0.1) is 0 Å². The molecule has 6 nitrogen and oxygen atoms in total. The van der Waals surface area contributed by atoms with Crippen LogP contribution in [-0.4, -0.2) is 36.8 Å². The van der Waals surface area contributed by atoms with E-state index in [1.807, 2.05) is 6.92 Å². The van der Waals surface area contributed by atoms with Gasteiger partial charge in [0.2, 0.25) is 5.91 Å². The molecule has 1 fully saturated rings. The predicted octanol–water partition coefficient (Wildman–Crippen LogP) is 1.43. The van der Waals surface area contributed by atoms with E-state index in [1.165, 1.54) is 13.2 Å². The van der Waals surface area contributed by atoms with Gasteiger partial charge in [-0.1, -0.05) is 6.07 Å². The molecule has 2 N–H and O–H groups in total. The maximum atomic E-state index is 11.9. The number of carbonyl (C=O) groups excluding carboxylic acids is 1. The maximum absolute atomic E-state index is 11.9. The summed E-state index contributed by atoms with van der Waals surface area (Å²) in [6.07, 6.45) is 0.781. The van der Waals surface area contributed by atoms with E-state index in [2.05, 4.69) is 5.32 Å². The quantitative estimate of drug-likeness (QED) is 0.794. The minimum Gasteiger partial charge on any atom is -0.496 e. The first-order valence-electron chi connectivity index (χ1n) is 6.86. The van der Waals surface area contributed by atoms with Gasteiger partial charge in [-0.2, -0.15) is 0 Å². The van der Waals surface area contributed by atoms with Crippen LogP contribution in [0.5, 0.6) is 5.75 Å². The number of hydrogen-bond acceptors (Lipinski definition) is 4. The zero-order chi connectivity index (χ0) is 15.4. The first kappa shape index (κ1) is 15.3. The monoisotopic (exact) mass is 293 g/mol. The van der Waals surface area contributed by atoms with Crippen LogP contribution in [0.15, 0.2) is 18.2 Å². The second kappa shape index (κ2) is 6.58. The van der Waals surface area contributed by atoms with Crippen molar-refractivity contribution >= 4 is 11.9 Å². The van der Waals surface area contributed by atoms with Gasteiger partial charge in [0.25, 0.3) is 0 Å². The zero-order valence-electron chi connectivity index (χ0n) is 12.1. The van der Waals surface area contributed by atoms with Gasteiger partial charge < -0.3 is 19.9 Å². The van der Waals surface area contributed by atoms with E-state index in [4.69, 9.17) is 14.6 Å². The third-order valence-electron chi connectivity index (χ3n) is 3.41. The van der Waals surface area contributed by atoms with Gasteiger partial charge in [0, 0.05) is 13.2 Å². The van der Waals surface area contributed by atoms with Crippen LogP contribution in [0.3, 0.4) is 0 Å².